The van der Waals surface area contributed by atoms with Crippen LogP contribution in [-0.2, 0) is 11.2 Å². The van der Waals surface area contributed by atoms with E-state index in [9.17, 15) is 4.79 Å². The first-order valence-corrected chi connectivity index (χ1v) is 9.74. The zero-order chi connectivity index (χ0) is 20.1. The summed E-state index contributed by atoms with van der Waals surface area (Å²) in [5, 5.41) is 8.07. The summed E-state index contributed by atoms with van der Waals surface area (Å²) >= 11 is 6.02. The quantitative estimate of drug-likeness (QED) is 0.625. The fourth-order valence-electron chi connectivity index (χ4n) is 3.04. The lowest BCUT2D eigenvalue weighted by atomic mass is 10.1. The molecule has 5 nitrogen and oxygen atoms in total. The number of rotatable bonds is 6. The Hall–Kier alpha value is -3.31. The van der Waals surface area contributed by atoms with Crippen molar-refractivity contribution in [1.82, 2.24) is 15.1 Å². The first kappa shape index (κ1) is 19.0. The van der Waals surface area contributed by atoms with Gasteiger partial charge in [-0.25, -0.2) is 4.68 Å². The maximum atomic E-state index is 12.1. The molecule has 6 heteroatoms. The van der Waals surface area contributed by atoms with Crippen molar-refractivity contribution in [2.75, 3.05) is 13.2 Å². The maximum absolute atomic E-state index is 12.1. The normalized spacial score (nSPS) is 12.9. The van der Waals surface area contributed by atoms with Gasteiger partial charge in [0, 0.05) is 35.8 Å². The maximum Gasteiger partial charge on any atom is 0.244 e. The summed E-state index contributed by atoms with van der Waals surface area (Å²) in [6, 6.07) is 17.4. The predicted octanol–water partition coefficient (Wildman–Crippen LogP) is 4.22. The highest BCUT2D eigenvalue weighted by Gasteiger charge is 2.10. The van der Waals surface area contributed by atoms with E-state index in [0.717, 1.165) is 28.3 Å². The number of nitrogens with one attached hydrogen (secondary N) is 1. The second kappa shape index (κ2) is 8.80. The lowest BCUT2D eigenvalue weighted by Gasteiger charge is -2.16. The summed E-state index contributed by atoms with van der Waals surface area (Å²) in [6.07, 6.45) is 7.85. The van der Waals surface area contributed by atoms with Crippen molar-refractivity contribution >= 4 is 23.6 Å². The molecule has 0 saturated heterocycles. The molecular formula is C23H20ClN3O2. The molecule has 0 bridgehead atoms. The Labute approximate surface area is 174 Å². The van der Waals surface area contributed by atoms with E-state index in [0.29, 0.717) is 24.6 Å². The number of halogens is 1. The van der Waals surface area contributed by atoms with Crippen molar-refractivity contribution in [3.63, 3.8) is 0 Å². The van der Waals surface area contributed by atoms with Gasteiger partial charge >= 0.3 is 0 Å². The van der Waals surface area contributed by atoms with E-state index in [2.05, 4.69) is 10.4 Å². The standard InChI is InChI=1S/C23H20ClN3O2/c24-19-7-8-22-18(15-19)14-17(16-29-22)6-9-23(28)25-12-10-20-11-13-27(26-20)21-4-2-1-3-5-21/h1-9,11,13-15H,10,12,16H2,(H,25,28)/b9-6+. The number of benzene rings is 2. The van der Waals surface area contributed by atoms with Gasteiger partial charge in [0.15, 0.2) is 0 Å². The lowest BCUT2D eigenvalue weighted by molar-refractivity contribution is -0.116. The SMILES string of the molecule is O=C(/C=C/C1=Cc2cc(Cl)ccc2OC1)NCCc1ccn(-c2ccccc2)n1. The number of para-hydroxylation sites is 1. The second-order valence-electron chi connectivity index (χ2n) is 6.65. The molecule has 0 radical (unpaired) electrons. The molecule has 146 valence electrons. The number of aromatic nitrogens is 2. The third kappa shape index (κ3) is 4.95. The van der Waals surface area contributed by atoms with Crippen LogP contribution in [0.3, 0.4) is 0 Å². The van der Waals surface area contributed by atoms with Gasteiger partial charge in [0.05, 0.1) is 11.4 Å². The number of hydrogen-bond donors (Lipinski definition) is 1. The highest BCUT2D eigenvalue weighted by Crippen LogP contribution is 2.29. The number of carbonyl (C=O) groups is 1. The highest BCUT2D eigenvalue weighted by atomic mass is 35.5. The van der Waals surface area contributed by atoms with E-state index in [-0.39, 0.29) is 5.91 Å². The number of amides is 1. The van der Waals surface area contributed by atoms with Gasteiger partial charge in [-0.15, -0.1) is 0 Å². The van der Waals surface area contributed by atoms with Gasteiger partial charge in [0.25, 0.3) is 0 Å². The first-order chi connectivity index (χ1) is 14.2. The molecule has 1 aliphatic rings. The smallest absolute Gasteiger partial charge is 0.244 e. The summed E-state index contributed by atoms with van der Waals surface area (Å²) in [6.45, 7) is 0.943. The van der Waals surface area contributed by atoms with Crippen LogP contribution in [0.2, 0.25) is 5.02 Å². The molecule has 0 fully saturated rings. The molecule has 4 rings (SSSR count). The van der Waals surface area contributed by atoms with Crippen LogP contribution in [0.4, 0.5) is 0 Å². The summed E-state index contributed by atoms with van der Waals surface area (Å²) in [5.41, 5.74) is 3.76. The van der Waals surface area contributed by atoms with Crippen LogP contribution in [0.15, 0.2) is 78.5 Å². The average Bonchev–Trinajstić information content (AvgIpc) is 3.21. The van der Waals surface area contributed by atoms with E-state index in [4.69, 9.17) is 16.3 Å². The van der Waals surface area contributed by atoms with Crippen molar-refractivity contribution in [2.24, 2.45) is 0 Å². The van der Waals surface area contributed by atoms with Crippen LogP contribution in [0.5, 0.6) is 5.75 Å². The molecule has 0 unspecified atom stereocenters. The minimum Gasteiger partial charge on any atom is -0.488 e. The topological polar surface area (TPSA) is 56.1 Å². The van der Waals surface area contributed by atoms with Crippen molar-refractivity contribution in [1.29, 1.82) is 0 Å². The summed E-state index contributed by atoms with van der Waals surface area (Å²) in [5.74, 6) is 0.649. The molecule has 0 aliphatic carbocycles. The third-order valence-electron chi connectivity index (χ3n) is 4.50. The largest absolute Gasteiger partial charge is 0.488 e. The second-order valence-corrected chi connectivity index (χ2v) is 7.09. The Morgan fingerprint density at radius 3 is 2.93 bits per heavy atom. The minimum atomic E-state index is -0.148. The monoisotopic (exact) mass is 405 g/mol. The number of nitrogens with zero attached hydrogens (tertiary/aromatic N) is 2. The number of ether oxygens (including phenoxy) is 1. The van der Waals surface area contributed by atoms with Crippen molar-refractivity contribution in [2.45, 2.75) is 6.42 Å². The molecule has 0 atom stereocenters. The van der Waals surface area contributed by atoms with E-state index in [1.54, 1.807) is 12.1 Å². The summed E-state index contributed by atoms with van der Waals surface area (Å²) in [7, 11) is 0. The third-order valence-corrected chi connectivity index (χ3v) is 4.74. The fourth-order valence-corrected chi connectivity index (χ4v) is 3.22. The van der Waals surface area contributed by atoms with Gasteiger partial charge in [-0.1, -0.05) is 35.9 Å². The Balaban J connectivity index is 1.28. The van der Waals surface area contributed by atoms with Gasteiger partial charge in [-0.3, -0.25) is 4.79 Å². The molecule has 0 saturated carbocycles. The predicted molar refractivity (Wildman–Crippen MR) is 114 cm³/mol. The molecule has 3 aromatic rings. The number of hydrogen-bond acceptors (Lipinski definition) is 3. The molecule has 1 aromatic heterocycles. The molecule has 29 heavy (non-hydrogen) atoms. The number of fused-ring (bicyclic) bond motifs is 1. The van der Waals surface area contributed by atoms with Gasteiger partial charge < -0.3 is 10.1 Å². The Bertz CT molecular complexity index is 1070. The van der Waals surface area contributed by atoms with Gasteiger partial charge in [0.1, 0.15) is 12.4 Å². The van der Waals surface area contributed by atoms with Crippen LogP contribution < -0.4 is 10.1 Å². The lowest BCUT2D eigenvalue weighted by Crippen LogP contribution is -2.23. The molecule has 1 amide bonds. The van der Waals surface area contributed by atoms with Crippen LogP contribution in [0, 0.1) is 0 Å². The molecular weight excluding hydrogens is 386 g/mol. The van der Waals surface area contributed by atoms with Gasteiger partial charge in [0.2, 0.25) is 5.91 Å². The molecule has 1 N–H and O–H groups in total. The fraction of sp³-hybridized carbons (Fsp3) is 0.130. The zero-order valence-electron chi connectivity index (χ0n) is 15.7. The van der Waals surface area contributed by atoms with Crippen LogP contribution >= 0.6 is 11.6 Å². The molecule has 2 heterocycles. The first-order valence-electron chi connectivity index (χ1n) is 9.36. The summed E-state index contributed by atoms with van der Waals surface area (Å²) in [4.78, 5) is 12.1. The van der Waals surface area contributed by atoms with E-state index >= 15 is 0 Å². The Morgan fingerprint density at radius 1 is 1.21 bits per heavy atom. The van der Waals surface area contributed by atoms with Crippen LogP contribution in [0.25, 0.3) is 11.8 Å². The Morgan fingerprint density at radius 2 is 2.07 bits per heavy atom. The Kier molecular flexibility index (Phi) is 5.77. The minimum absolute atomic E-state index is 0.148. The van der Waals surface area contributed by atoms with E-state index < -0.39 is 0 Å². The van der Waals surface area contributed by atoms with Gasteiger partial charge in [-0.2, -0.15) is 5.10 Å². The van der Waals surface area contributed by atoms with Crippen molar-refractivity contribution < 1.29 is 9.53 Å². The van der Waals surface area contributed by atoms with Gasteiger partial charge in [-0.05, 0) is 48.0 Å². The average molecular weight is 406 g/mol. The molecule has 1 aliphatic heterocycles. The van der Waals surface area contributed by atoms with Crippen molar-refractivity contribution in [3.8, 4) is 11.4 Å². The molecule has 2 aromatic carbocycles. The zero-order valence-corrected chi connectivity index (χ0v) is 16.5. The van der Waals surface area contributed by atoms with Crippen LogP contribution in [0.1, 0.15) is 11.3 Å². The molecule has 0 spiro atoms. The van der Waals surface area contributed by atoms with E-state index in [1.807, 2.05) is 65.5 Å². The summed E-state index contributed by atoms with van der Waals surface area (Å²) < 4.78 is 7.51. The highest BCUT2D eigenvalue weighted by molar-refractivity contribution is 6.30. The van der Waals surface area contributed by atoms with E-state index in [1.165, 1.54) is 6.08 Å². The van der Waals surface area contributed by atoms with Crippen LogP contribution in [-0.4, -0.2) is 28.8 Å². The van der Waals surface area contributed by atoms with Crippen molar-refractivity contribution in [3.05, 3.63) is 94.8 Å². The number of carbonyl (C=O) groups excluding carboxylic acids is 1.